The third kappa shape index (κ3) is 2.19. The van der Waals surface area contributed by atoms with Gasteiger partial charge in [0.1, 0.15) is 5.54 Å². The molecule has 0 spiro atoms. The van der Waals surface area contributed by atoms with E-state index in [9.17, 15) is 9.59 Å². The van der Waals surface area contributed by atoms with Gasteiger partial charge < -0.3 is 9.80 Å². The monoisotopic (exact) mass is 330 g/mol. The maximum Gasteiger partial charge on any atom is 0.255 e. The molecule has 2 heterocycles. The Labute approximate surface area is 119 Å². The lowest BCUT2D eigenvalue weighted by atomic mass is 9.97. The Balaban J connectivity index is 2.28. The summed E-state index contributed by atoms with van der Waals surface area (Å²) in [7, 11) is 1.77. The van der Waals surface area contributed by atoms with Crippen LogP contribution >= 0.6 is 27.3 Å². The van der Waals surface area contributed by atoms with Gasteiger partial charge >= 0.3 is 0 Å². The first-order valence-corrected chi connectivity index (χ1v) is 7.33. The zero-order valence-corrected chi connectivity index (χ0v) is 13.0. The molecule has 1 aromatic rings. The average molecular weight is 331 g/mol. The van der Waals surface area contributed by atoms with E-state index in [-0.39, 0.29) is 11.8 Å². The highest BCUT2D eigenvalue weighted by molar-refractivity contribution is 9.11. The largest absolute Gasteiger partial charge is 0.342 e. The van der Waals surface area contributed by atoms with Crippen molar-refractivity contribution in [3.8, 4) is 0 Å². The van der Waals surface area contributed by atoms with Gasteiger partial charge in [-0.15, -0.1) is 11.3 Å². The van der Waals surface area contributed by atoms with E-state index >= 15 is 0 Å². The fourth-order valence-electron chi connectivity index (χ4n) is 2.15. The Morgan fingerprint density at radius 3 is 2.67 bits per heavy atom. The van der Waals surface area contributed by atoms with E-state index in [0.717, 1.165) is 3.79 Å². The fraction of sp³-hybridized carbons (Fsp3) is 0.500. The number of hydrogen-bond donors (Lipinski definition) is 0. The summed E-state index contributed by atoms with van der Waals surface area (Å²) in [5, 5.41) is 1.81. The van der Waals surface area contributed by atoms with Crippen LogP contribution in [0.3, 0.4) is 0 Å². The number of nitrogens with zero attached hydrogens (tertiary/aromatic N) is 2. The lowest BCUT2D eigenvalue weighted by Gasteiger charge is -2.44. The summed E-state index contributed by atoms with van der Waals surface area (Å²) < 4.78 is 0.920. The first-order valence-electron chi connectivity index (χ1n) is 5.65. The quantitative estimate of drug-likeness (QED) is 0.792. The molecule has 1 aromatic heterocycles. The molecule has 18 heavy (non-hydrogen) atoms. The van der Waals surface area contributed by atoms with E-state index in [4.69, 9.17) is 0 Å². The predicted molar refractivity (Wildman–Crippen MR) is 74.8 cm³/mol. The van der Waals surface area contributed by atoms with Crippen LogP contribution in [0.15, 0.2) is 15.2 Å². The molecule has 0 unspecified atom stereocenters. The summed E-state index contributed by atoms with van der Waals surface area (Å²) in [5.74, 6) is -0.0974. The number of hydrogen-bond acceptors (Lipinski definition) is 3. The lowest BCUT2D eigenvalue weighted by Crippen LogP contribution is -2.63. The third-order valence-corrected chi connectivity index (χ3v) is 4.77. The molecule has 0 atom stereocenters. The number of amides is 2. The molecule has 0 radical (unpaired) electrons. The Bertz CT molecular complexity index is 498. The van der Waals surface area contributed by atoms with Crippen LogP contribution < -0.4 is 0 Å². The van der Waals surface area contributed by atoms with E-state index in [1.54, 1.807) is 36.8 Å². The molecule has 4 nitrogen and oxygen atoms in total. The molecule has 0 bridgehead atoms. The fourth-order valence-corrected chi connectivity index (χ4v) is 3.28. The SMILES string of the molecule is CN1CCN(C(=O)c2csc(Br)c2)C(C)(C)C1=O. The molecule has 0 N–H and O–H groups in total. The van der Waals surface area contributed by atoms with Crippen molar-refractivity contribution in [2.24, 2.45) is 0 Å². The van der Waals surface area contributed by atoms with Crippen molar-refractivity contribution >= 4 is 39.1 Å². The van der Waals surface area contributed by atoms with E-state index < -0.39 is 5.54 Å². The minimum atomic E-state index is -0.779. The topological polar surface area (TPSA) is 40.6 Å². The number of rotatable bonds is 1. The van der Waals surface area contributed by atoms with Crippen molar-refractivity contribution in [1.82, 2.24) is 9.80 Å². The maximum absolute atomic E-state index is 12.4. The van der Waals surface area contributed by atoms with Gasteiger partial charge in [0.25, 0.3) is 5.91 Å². The van der Waals surface area contributed by atoms with Gasteiger partial charge in [0, 0.05) is 25.5 Å². The number of carbonyl (C=O) groups is 2. The van der Waals surface area contributed by atoms with Crippen LogP contribution in [0.25, 0.3) is 0 Å². The van der Waals surface area contributed by atoms with Gasteiger partial charge in [-0.25, -0.2) is 0 Å². The normalized spacial score (nSPS) is 19.2. The molecule has 98 valence electrons. The summed E-state index contributed by atoms with van der Waals surface area (Å²) in [6.07, 6.45) is 0. The Hall–Kier alpha value is -0.880. The van der Waals surface area contributed by atoms with Crippen molar-refractivity contribution < 1.29 is 9.59 Å². The van der Waals surface area contributed by atoms with Gasteiger partial charge in [-0.1, -0.05) is 0 Å². The molecule has 0 aliphatic carbocycles. The van der Waals surface area contributed by atoms with E-state index in [0.29, 0.717) is 18.7 Å². The zero-order chi connectivity index (χ0) is 13.5. The number of likely N-dealkylation sites (N-methyl/N-ethyl adjacent to an activating group) is 1. The average Bonchev–Trinajstić information content (AvgIpc) is 2.72. The summed E-state index contributed by atoms with van der Waals surface area (Å²) in [4.78, 5) is 27.9. The molecule has 1 aliphatic rings. The van der Waals surface area contributed by atoms with Crippen LogP contribution in [-0.2, 0) is 4.79 Å². The lowest BCUT2D eigenvalue weighted by molar-refractivity contribution is -0.144. The van der Waals surface area contributed by atoms with Gasteiger partial charge in [-0.05, 0) is 35.8 Å². The number of carbonyl (C=O) groups excluding carboxylic acids is 2. The van der Waals surface area contributed by atoms with Crippen LogP contribution in [0.1, 0.15) is 24.2 Å². The summed E-state index contributed by atoms with van der Waals surface area (Å²) >= 11 is 4.82. The standard InChI is InChI=1S/C12H15BrN2O2S/c1-12(2)11(17)14(3)4-5-15(12)10(16)8-6-9(13)18-7-8/h6-7H,4-5H2,1-3H3. The number of piperazine rings is 1. The maximum atomic E-state index is 12.4. The predicted octanol–water partition coefficient (Wildman–Crippen LogP) is 2.20. The van der Waals surface area contributed by atoms with Crippen molar-refractivity contribution in [3.63, 3.8) is 0 Å². The minimum Gasteiger partial charge on any atom is -0.342 e. The summed E-state index contributed by atoms with van der Waals surface area (Å²) in [5.41, 5.74) is -0.143. The highest BCUT2D eigenvalue weighted by Gasteiger charge is 2.43. The van der Waals surface area contributed by atoms with E-state index in [1.807, 2.05) is 5.38 Å². The Morgan fingerprint density at radius 2 is 2.11 bits per heavy atom. The highest BCUT2D eigenvalue weighted by Crippen LogP contribution is 2.27. The first-order chi connectivity index (χ1) is 8.34. The molecule has 6 heteroatoms. The smallest absolute Gasteiger partial charge is 0.255 e. The Morgan fingerprint density at radius 1 is 1.44 bits per heavy atom. The highest BCUT2D eigenvalue weighted by atomic mass is 79.9. The van der Waals surface area contributed by atoms with Gasteiger partial charge in [-0.3, -0.25) is 9.59 Å². The molecule has 0 aromatic carbocycles. The summed E-state index contributed by atoms with van der Waals surface area (Å²) in [6, 6.07) is 1.80. The molecular formula is C12H15BrN2O2S. The molecule has 1 aliphatic heterocycles. The van der Waals surface area contributed by atoms with Gasteiger partial charge in [0.15, 0.2) is 0 Å². The van der Waals surface area contributed by atoms with Crippen LogP contribution in [0.2, 0.25) is 0 Å². The molecule has 0 saturated carbocycles. The number of halogens is 1. The molecule has 2 amide bonds. The van der Waals surface area contributed by atoms with Gasteiger partial charge in [-0.2, -0.15) is 0 Å². The van der Waals surface area contributed by atoms with Crippen LogP contribution in [0.4, 0.5) is 0 Å². The van der Waals surface area contributed by atoms with Crippen LogP contribution in [-0.4, -0.2) is 47.3 Å². The van der Waals surface area contributed by atoms with E-state index in [1.165, 1.54) is 11.3 Å². The van der Waals surface area contributed by atoms with Crippen molar-refractivity contribution in [2.45, 2.75) is 19.4 Å². The second kappa shape index (κ2) is 4.66. The molecule has 1 fully saturated rings. The second-order valence-electron chi connectivity index (χ2n) is 4.88. The van der Waals surface area contributed by atoms with E-state index in [2.05, 4.69) is 15.9 Å². The van der Waals surface area contributed by atoms with Crippen LogP contribution in [0.5, 0.6) is 0 Å². The van der Waals surface area contributed by atoms with Gasteiger partial charge in [0.05, 0.1) is 9.35 Å². The number of thiophene rings is 1. The minimum absolute atomic E-state index is 0.0172. The zero-order valence-electron chi connectivity index (χ0n) is 10.6. The molecule has 1 saturated heterocycles. The first kappa shape index (κ1) is 13.5. The van der Waals surface area contributed by atoms with Crippen molar-refractivity contribution in [2.75, 3.05) is 20.1 Å². The second-order valence-corrected chi connectivity index (χ2v) is 7.17. The molecule has 2 rings (SSSR count). The Kier molecular flexibility index (Phi) is 3.51. The van der Waals surface area contributed by atoms with Crippen molar-refractivity contribution in [1.29, 1.82) is 0 Å². The third-order valence-electron chi connectivity index (χ3n) is 3.26. The molecular weight excluding hydrogens is 316 g/mol. The van der Waals surface area contributed by atoms with Gasteiger partial charge in [0.2, 0.25) is 5.91 Å². The summed E-state index contributed by atoms with van der Waals surface area (Å²) in [6.45, 7) is 4.75. The van der Waals surface area contributed by atoms with Crippen molar-refractivity contribution in [3.05, 3.63) is 20.8 Å². The van der Waals surface area contributed by atoms with Crippen LogP contribution in [0, 0.1) is 0 Å².